The maximum Gasteiger partial charge on any atom is 0.408 e. The van der Waals surface area contributed by atoms with Gasteiger partial charge in [-0.2, -0.15) is 0 Å². The standard InChI is InChI=1S/C38H49N5O7S/c1-22(2)49-35(48)40-27-15-9-7-5-6-8-12-24-18-38(24,34(47)42-51-36(4)16-17-36)41-32(45)28-19-37(21-43(28)33(27)46)20-29(44)30-25-13-10-11-14-26(25)39-23(3)31(30)50-37/h8,10-14,22,24,27-29,44H,5-7,9,15-21H2,1-4H3,(H,40,48)(H,41,45)(H,42,47)/b12-8-/t24-,27+,28+,29?,37+,38-/m1/s1. The molecule has 2 aromatic rings. The predicted molar refractivity (Wildman–Crippen MR) is 193 cm³/mol. The van der Waals surface area contributed by atoms with Gasteiger partial charge in [-0.05, 0) is 84.2 Å². The number of ether oxygens (including phenoxy) is 2. The molecule has 0 bridgehead atoms. The van der Waals surface area contributed by atoms with Crippen LogP contribution in [0.4, 0.5) is 4.79 Å². The summed E-state index contributed by atoms with van der Waals surface area (Å²) in [6.07, 6.45) is 8.34. The maximum absolute atomic E-state index is 14.6. The number of rotatable bonds is 5. The van der Waals surface area contributed by atoms with E-state index in [1.807, 2.05) is 37.3 Å². The Morgan fingerprint density at radius 1 is 1.14 bits per heavy atom. The van der Waals surface area contributed by atoms with Gasteiger partial charge in [-0.1, -0.05) is 43.2 Å². The van der Waals surface area contributed by atoms with Crippen molar-refractivity contribution in [1.82, 2.24) is 25.2 Å². The van der Waals surface area contributed by atoms with Crippen LogP contribution in [0, 0.1) is 12.8 Å². The fraction of sp³-hybridized carbons (Fsp3) is 0.605. The number of pyridine rings is 1. The molecule has 51 heavy (non-hydrogen) atoms. The van der Waals surface area contributed by atoms with Gasteiger partial charge in [0.25, 0.3) is 5.91 Å². The van der Waals surface area contributed by atoms with Crippen LogP contribution in [0.3, 0.4) is 0 Å². The summed E-state index contributed by atoms with van der Waals surface area (Å²) in [6.45, 7) is 7.41. The minimum absolute atomic E-state index is 0.000823. The fourth-order valence-electron chi connectivity index (χ4n) is 7.87. The number of hydrogen-bond acceptors (Lipinski definition) is 9. The van der Waals surface area contributed by atoms with Gasteiger partial charge in [-0.15, -0.1) is 0 Å². The molecule has 5 aliphatic rings. The number of nitrogens with one attached hydrogen (secondary N) is 3. The Kier molecular flexibility index (Phi) is 9.49. The lowest BCUT2D eigenvalue weighted by molar-refractivity contribution is -0.141. The molecule has 1 spiro atoms. The molecule has 1 unspecified atom stereocenters. The van der Waals surface area contributed by atoms with Gasteiger partial charge in [0, 0.05) is 34.5 Å². The molecule has 6 atom stereocenters. The van der Waals surface area contributed by atoms with Gasteiger partial charge < -0.3 is 30.1 Å². The van der Waals surface area contributed by atoms with E-state index >= 15 is 0 Å². The number of amides is 4. The Bertz CT molecular complexity index is 1760. The number of carbonyl (C=O) groups is 4. The summed E-state index contributed by atoms with van der Waals surface area (Å²) in [7, 11) is 0. The van der Waals surface area contributed by atoms with Crippen LogP contribution < -0.4 is 20.1 Å². The zero-order valence-corrected chi connectivity index (χ0v) is 30.6. The second kappa shape index (κ2) is 13.6. The van der Waals surface area contributed by atoms with Gasteiger partial charge in [0.15, 0.2) is 0 Å². The van der Waals surface area contributed by atoms with Crippen molar-refractivity contribution in [1.29, 1.82) is 0 Å². The van der Waals surface area contributed by atoms with Gasteiger partial charge in [-0.25, -0.2) is 9.78 Å². The molecular formula is C38H49N5O7S. The number of carbonyl (C=O) groups excluding carboxylic acids is 4. The Hall–Kier alpha value is -3.84. The molecule has 13 heteroatoms. The van der Waals surface area contributed by atoms with Gasteiger partial charge in [0.1, 0.15) is 29.0 Å². The van der Waals surface area contributed by atoms with Gasteiger partial charge in [0.05, 0.1) is 30.0 Å². The first-order valence-corrected chi connectivity index (χ1v) is 19.1. The van der Waals surface area contributed by atoms with Crippen LogP contribution in [0.5, 0.6) is 5.75 Å². The van der Waals surface area contributed by atoms with Crippen molar-refractivity contribution in [2.75, 3.05) is 6.54 Å². The molecule has 1 saturated heterocycles. The largest absolute Gasteiger partial charge is 0.483 e. The van der Waals surface area contributed by atoms with E-state index in [9.17, 15) is 24.3 Å². The summed E-state index contributed by atoms with van der Waals surface area (Å²) in [4.78, 5) is 62.1. The highest BCUT2D eigenvalue weighted by molar-refractivity contribution is 7.99. The molecule has 7 rings (SSSR count). The summed E-state index contributed by atoms with van der Waals surface area (Å²) in [5.41, 5.74) is -0.280. The minimum atomic E-state index is -1.14. The number of fused-ring (bicyclic) bond motifs is 5. The zero-order chi connectivity index (χ0) is 36.1. The normalized spacial score (nSPS) is 32.0. The second-order valence-corrected chi connectivity index (χ2v) is 17.0. The van der Waals surface area contributed by atoms with E-state index in [2.05, 4.69) is 28.4 Å². The van der Waals surface area contributed by atoms with Crippen molar-refractivity contribution in [3.8, 4) is 5.75 Å². The Morgan fingerprint density at radius 3 is 2.69 bits per heavy atom. The number of hydrogen-bond donors (Lipinski definition) is 4. The summed E-state index contributed by atoms with van der Waals surface area (Å²) in [5, 5.41) is 18.4. The van der Waals surface area contributed by atoms with Crippen molar-refractivity contribution < 1.29 is 33.8 Å². The molecule has 2 saturated carbocycles. The monoisotopic (exact) mass is 719 g/mol. The van der Waals surface area contributed by atoms with Crippen molar-refractivity contribution in [2.24, 2.45) is 5.92 Å². The van der Waals surface area contributed by atoms with E-state index in [4.69, 9.17) is 14.5 Å². The first kappa shape index (κ1) is 35.6. The molecule has 274 valence electrons. The van der Waals surface area contributed by atoms with Crippen LogP contribution in [-0.2, 0) is 19.1 Å². The fourth-order valence-corrected chi connectivity index (χ4v) is 8.70. The number of aliphatic hydroxyl groups is 1. The number of benzene rings is 1. The zero-order valence-electron chi connectivity index (χ0n) is 29.8. The van der Waals surface area contributed by atoms with Gasteiger partial charge in [0.2, 0.25) is 11.8 Å². The molecule has 3 fully saturated rings. The average Bonchev–Trinajstić information content (AvgIpc) is 3.96. The number of alkyl carbamates (subject to hydrolysis) is 1. The topological polar surface area (TPSA) is 159 Å². The number of aromatic nitrogens is 1. The maximum atomic E-state index is 14.6. The Balaban J connectivity index is 1.23. The lowest BCUT2D eigenvalue weighted by atomic mass is 9.85. The molecule has 12 nitrogen and oxygen atoms in total. The molecule has 0 radical (unpaired) electrons. The van der Waals surface area contributed by atoms with Gasteiger partial charge >= 0.3 is 6.09 Å². The first-order valence-electron chi connectivity index (χ1n) is 18.3. The molecule has 3 aliphatic heterocycles. The SMILES string of the molecule is Cc1nc2ccccc2c2c1O[C@]1(CC2O)C[C@H]2C(=O)N[C@]3(C(=O)NSC4(C)CC4)C[C@H]3/C=C\CCCCC[C@H](NC(=O)OC(C)C)C(=O)N2C1. The van der Waals surface area contributed by atoms with Crippen molar-refractivity contribution in [3.05, 3.63) is 47.7 Å². The third-order valence-corrected chi connectivity index (χ3v) is 12.2. The van der Waals surface area contributed by atoms with Gasteiger partial charge in [-0.3, -0.25) is 19.1 Å². The van der Waals surface area contributed by atoms with E-state index in [-0.39, 0.29) is 42.1 Å². The van der Waals surface area contributed by atoms with E-state index in [0.717, 1.165) is 43.0 Å². The third kappa shape index (κ3) is 7.16. The summed E-state index contributed by atoms with van der Waals surface area (Å²) < 4.78 is 15.2. The molecular weight excluding hydrogens is 671 g/mol. The quantitative estimate of drug-likeness (QED) is 0.249. The molecule has 1 aromatic carbocycles. The predicted octanol–water partition coefficient (Wildman–Crippen LogP) is 4.91. The van der Waals surface area contributed by atoms with Crippen LogP contribution in [0.15, 0.2) is 36.4 Å². The van der Waals surface area contributed by atoms with E-state index < -0.39 is 47.2 Å². The highest BCUT2D eigenvalue weighted by Crippen LogP contribution is 2.51. The number of aryl methyl sites for hydroxylation is 1. The number of aliphatic hydroxyl groups excluding tert-OH is 1. The van der Waals surface area contributed by atoms with E-state index in [1.54, 1.807) is 13.8 Å². The van der Waals surface area contributed by atoms with Crippen LogP contribution >= 0.6 is 11.9 Å². The van der Waals surface area contributed by atoms with Crippen molar-refractivity contribution in [3.63, 3.8) is 0 Å². The Labute approximate surface area is 303 Å². The lowest BCUT2D eigenvalue weighted by Gasteiger charge is -2.39. The van der Waals surface area contributed by atoms with Crippen molar-refractivity contribution >= 4 is 46.7 Å². The van der Waals surface area contributed by atoms with E-state index in [1.165, 1.54) is 16.8 Å². The minimum Gasteiger partial charge on any atom is -0.483 e. The van der Waals surface area contributed by atoms with Crippen LogP contribution in [-0.4, -0.2) is 79.4 Å². The second-order valence-electron chi connectivity index (χ2n) is 15.6. The third-order valence-electron chi connectivity index (χ3n) is 11.0. The van der Waals surface area contributed by atoms with Crippen LogP contribution in [0.2, 0.25) is 0 Å². The van der Waals surface area contributed by atoms with Crippen LogP contribution in [0.25, 0.3) is 10.9 Å². The highest BCUT2D eigenvalue weighted by Gasteiger charge is 2.62. The van der Waals surface area contributed by atoms with E-state index in [0.29, 0.717) is 36.3 Å². The lowest BCUT2D eigenvalue weighted by Crippen LogP contribution is -2.57. The number of allylic oxidation sites excluding steroid dienone is 1. The summed E-state index contributed by atoms with van der Waals surface area (Å²) >= 11 is 1.41. The summed E-state index contributed by atoms with van der Waals surface area (Å²) in [5.74, 6) is -0.875. The van der Waals surface area contributed by atoms with Crippen molar-refractivity contribution in [2.45, 2.75) is 132 Å². The first-order chi connectivity index (χ1) is 24.3. The highest BCUT2D eigenvalue weighted by atomic mass is 32.2. The molecule has 4 N–H and O–H groups in total. The number of nitrogens with zero attached hydrogens (tertiary/aromatic N) is 2. The molecule has 1 aromatic heterocycles. The smallest absolute Gasteiger partial charge is 0.408 e. The Morgan fingerprint density at radius 2 is 1.92 bits per heavy atom. The average molecular weight is 720 g/mol. The summed E-state index contributed by atoms with van der Waals surface area (Å²) in [6, 6.07) is 5.60. The van der Waals surface area contributed by atoms with Crippen LogP contribution in [0.1, 0.15) is 102 Å². The molecule has 4 amide bonds. The number of para-hydroxylation sites is 1. The molecule has 4 heterocycles. The molecule has 2 aliphatic carbocycles.